The van der Waals surface area contributed by atoms with Crippen LogP contribution < -0.4 is 5.73 Å². The fourth-order valence-corrected chi connectivity index (χ4v) is 2.30. The van der Waals surface area contributed by atoms with Gasteiger partial charge in [0.05, 0.1) is 6.26 Å². The minimum atomic E-state index is 0.201. The Morgan fingerprint density at radius 3 is 3.08 bits per heavy atom. The lowest BCUT2D eigenvalue weighted by Gasteiger charge is -2.18. The Kier molecular flexibility index (Phi) is 1.72. The van der Waals surface area contributed by atoms with Crippen molar-refractivity contribution in [3.63, 3.8) is 0 Å². The molecule has 3 unspecified atom stereocenters. The van der Waals surface area contributed by atoms with Gasteiger partial charge in [0.25, 0.3) is 0 Å². The topological polar surface area (TPSA) is 39.2 Å². The average Bonchev–Trinajstić information content (AvgIpc) is 2.44. The molecule has 0 bridgehead atoms. The highest BCUT2D eigenvalue weighted by molar-refractivity contribution is 5.29. The molecule has 1 aromatic rings. The van der Waals surface area contributed by atoms with Crippen molar-refractivity contribution in [2.75, 3.05) is 0 Å². The fourth-order valence-electron chi connectivity index (χ4n) is 2.30. The SMILES string of the molecule is CC(N)C1c2occc2CC1C. The van der Waals surface area contributed by atoms with Crippen LogP contribution in [-0.2, 0) is 6.42 Å². The number of nitrogens with two attached hydrogens (primary N) is 1. The van der Waals surface area contributed by atoms with Gasteiger partial charge in [-0.15, -0.1) is 0 Å². The summed E-state index contributed by atoms with van der Waals surface area (Å²) >= 11 is 0. The molecule has 2 rings (SSSR count). The van der Waals surface area contributed by atoms with Gasteiger partial charge in [0.1, 0.15) is 5.76 Å². The molecule has 2 N–H and O–H groups in total. The Bertz CT molecular complexity index is 277. The van der Waals surface area contributed by atoms with E-state index in [0.29, 0.717) is 11.8 Å². The molecular formula is C10H15NO. The molecule has 0 spiro atoms. The van der Waals surface area contributed by atoms with E-state index in [9.17, 15) is 0 Å². The van der Waals surface area contributed by atoms with E-state index >= 15 is 0 Å². The lowest BCUT2D eigenvalue weighted by Crippen LogP contribution is -2.26. The zero-order valence-corrected chi connectivity index (χ0v) is 7.58. The largest absolute Gasteiger partial charge is 0.469 e. The van der Waals surface area contributed by atoms with E-state index in [0.717, 1.165) is 12.2 Å². The van der Waals surface area contributed by atoms with Crippen molar-refractivity contribution in [2.24, 2.45) is 11.7 Å². The summed E-state index contributed by atoms with van der Waals surface area (Å²) in [6.45, 7) is 4.29. The Morgan fingerprint density at radius 2 is 2.42 bits per heavy atom. The van der Waals surface area contributed by atoms with E-state index in [4.69, 9.17) is 10.2 Å². The second-order valence-electron chi connectivity index (χ2n) is 3.88. The first-order chi connectivity index (χ1) is 5.70. The molecular weight excluding hydrogens is 150 g/mol. The Balaban J connectivity index is 2.35. The van der Waals surface area contributed by atoms with Crippen LogP contribution in [0.1, 0.15) is 31.1 Å². The van der Waals surface area contributed by atoms with Crippen molar-refractivity contribution < 1.29 is 4.42 Å². The minimum Gasteiger partial charge on any atom is -0.469 e. The van der Waals surface area contributed by atoms with Crippen LogP contribution in [0.25, 0.3) is 0 Å². The average molecular weight is 165 g/mol. The molecule has 0 aromatic carbocycles. The lowest BCUT2D eigenvalue weighted by molar-refractivity contribution is 0.372. The summed E-state index contributed by atoms with van der Waals surface area (Å²) in [5, 5.41) is 0. The predicted octanol–water partition coefficient (Wildman–Crippen LogP) is 1.90. The molecule has 1 aliphatic rings. The monoisotopic (exact) mass is 165 g/mol. The van der Waals surface area contributed by atoms with Crippen molar-refractivity contribution in [2.45, 2.75) is 32.2 Å². The van der Waals surface area contributed by atoms with Crippen LogP contribution in [0, 0.1) is 5.92 Å². The van der Waals surface area contributed by atoms with Crippen LogP contribution >= 0.6 is 0 Å². The zero-order chi connectivity index (χ0) is 8.72. The molecule has 1 aliphatic carbocycles. The summed E-state index contributed by atoms with van der Waals surface area (Å²) < 4.78 is 5.44. The van der Waals surface area contributed by atoms with Crippen molar-refractivity contribution >= 4 is 0 Å². The summed E-state index contributed by atoms with van der Waals surface area (Å²) in [6, 6.07) is 2.26. The van der Waals surface area contributed by atoms with E-state index in [1.54, 1.807) is 6.26 Å². The van der Waals surface area contributed by atoms with Gasteiger partial charge in [-0.1, -0.05) is 6.92 Å². The summed E-state index contributed by atoms with van der Waals surface area (Å²) in [5.74, 6) is 2.19. The molecule has 1 heterocycles. The third-order valence-electron chi connectivity index (χ3n) is 2.80. The van der Waals surface area contributed by atoms with Crippen LogP contribution in [0.2, 0.25) is 0 Å². The van der Waals surface area contributed by atoms with Gasteiger partial charge in [-0.05, 0) is 30.9 Å². The number of hydrogen-bond donors (Lipinski definition) is 1. The van der Waals surface area contributed by atoms with Gasteiger partial charge in [0, 0.05) is 12.0 Å². The number of fused-ring (bicyclic) bond motifs is 1. The fraction of sp³-hybridized carbons (Fsp3) is 0.600. The third-order valence-corrected chi connectivity index (χ3v) is 2.80. The molecule has 66 valence electrons. The van der Waals surface area contributed by atoms with E-state index in [2.05, 4.69) is 19.9 Å². The van der Waals surface area contributed by atoms with Gasteiger partial charge in [-0.2, -0.15) is 0 Å². The molecule has 2 heteroatoms. The van der Waals surface area contributed by atoms with Crippen LogP contribution in [0.4, 0.5) is 0 Å². The lowest BCUT2D eigenvalue weighted by atomic mass is 9.91. The molecule has 0 fully saturated rings. The van der Waals surface area contributed by atoms with Gasteiger partial charge < -0.3 is 10.2 Å². The van der Waals surface area contributed by atoms with E-state index < -0.39 is 0 Å². The molecule has 0 aliphatic heterocycles. The highest BCUT2D eigenvalue weighted by Gasteiger charge is 2.34. The Hall–Kier alpha value is -0.760. The van der Waals surface area contributed by atoms with E-state index in [1.165, 1.54) is 5.56 Å². The molecule has 0 radical (unpaired) electrons. The van der Waals surface area contributed by atoms with Gasteiger partial charge in [-0.3, -0.25) is 0 Å². The molecule has 2 nitrogen and oxygen atoms in total. The standard InChI is InChI=1S/C10H15NO/c1-6-5-8-3-4-12-10(8)9(6)7(2)11/h3-4,6-7,9H,5,11H2,1-2H3. The van der Waals surface area contributed by atoms with E-state index in [-0.39, 0.29) is 6.04 Å². The normalized spacial score (nSPS) is 30.2. The highest BCUT2D eigenvalue weighted by Crippen LogP contribution is 2.39. The molecule has 1 aromatic heterocycles. The van der Waals surface area contributed by atoms with Gasteiger partial charge in [0.15, 0.2) is 0 Å². The van der Waals surface area contributed by atoms with Crippen LogP contribution in [0.5, 0.6) is 0 Å². The molecule has 3 atom stereocenters. The third kappa shape index (κ3) is 0.985. The molecule has 0 saturated heterocycles. The summed E-state index contributed by atoms with van der Waals surface area (Å²) in [7, 11) is 0. The number of hydrogen-bond acceptors (Lipinski definition) is 2. The first-order valence-corrected chi connectivity index (χ1v) is 4.52. The van der Waals surface area contributed by atoms with Crippen molar-refractivity contribution in [1.29, 1.82) is 0 Å². The first-order valence-electron chi connectivity index (χ1n) is 4.52. The van der Waals surface area contributed by atoms with Crippen molar-refractivity contribution in [3.8, 4) is 0 Å². The Labute approximate surface area is 72.7 Å². The van der Waals surface area contributed by atoms with Crippen LogP contribution in [0.15, 0.2) is 16.7 Å². The summed E-state index contributed by atoms with van der Waals surface area (Å²) in [5.41, 5.74) is 7.25. The van der Waals surface area contributed by atoms with Crippen molar-refractivity contribution in [1.82, 2.24) is 0 Å². The molecule has 0 saturated carbocycles. The minimum absolute atomic E-state index is 0.201. The maximum atomic E-state index is 5.90. The van der Waals surface area contributed by atoms with Gasteiger partial charge in [-0.25, -0.2) is 0 Å². The molecule has 0 amide bonds. The van der Waals surface area contributed by atoms with Gasteiger partial charge in [0.2, 0.25) is 0 Å². The van der Waals surface area contributed by atoms with E-state index in [1.807, 2.05) is 0 Å². The zero-order valence-electron chi connectivity index (χ0n) is 7.58. The van der Waals surface area contributed by atoms with Crippen LogP contribution in [-0.4, -0.2) is 6.04 Å². The van der Waals surface area contributed by atoms with Gasteiger partial charge >= 0.3 is 0 Å². The maximum Gasteiger partial charge on any atom is 0.111 e. The predicted molar refractivity (Wildman–Crippen MR) is 48.0 cm³/mol. The second kappa shape index (κ2) is 2.63. The summed E-state index contributed by atoms with van der Waals surface area (Å²) in [4.78, 5) is 0. The highest BCUT2D eigenvalue weighted by atomic mass is 16.3. The second-order valence-corrected chi connectivity index (χ2v) is 3.88. The smallest absolute Gasteiger partial charge is 0.111 e. The number of furan rings is 1. The van der Waals surface area contributed by atoms with Crippen molar-refractivity contribution in [3.05, 3.63) is 23.7 Å². The quantitative estimate of drug-likeness (QED) is 0.690. The number of rotatable bonds is 1. The Morgan fingerprint density at radius 1 is 1.67 bits per heavy atom. The first kappa shape index (κ1) is 7.87. The maximum absolute atomic E-state index is 5.90. The van der Waals surface area contributed by atoms with Crippen LogP contribution in [0.3, 0.4) is 0 Å². The summed E-state index contributed by atoms with van der Waals surface area (Å²) in [6.07, 6.45) is 2.89. The molecule has 12 heavy (non-hydrogen) atoms.